The van der Waals surface area contributed by atoms with Crippen LogP contribution in [0.15, 0.2) is 61.3 Å². The third kappa shape index (κ3) is 8.90. The van der Waals surface area contributed by atoms with Crippen molar-refractivity contribution in [3.05, 3.63) is 61.3 Å². The minimum atomic E-state index is -3.94. The van der Waals surface area contributed by atoms with E-state index in [9.17, 15) is 27.6 Å². The lowest BCUT2D eigenvalue weighted by Gasteiger charge is -2.35. The maximum Gasteiger partial charge on any atom is 0.408 e. The Labute approximate surface area is 301 Å². The highest BCUT2D eigenvalue weighted by molar-refractivity contribution is 7.91. The number of nitrogens with zero attached hydrogens (tertiary/aromatic N) is 6. The Bertz CT molecular complexity index is 2000. The highest BCUT2D eigenvalue weighted by atomic mass is 32.2. The Hall–Kier alpha value is -5.39. The number of carbonyl (C=O) groups is 4. The van der Waals surface area contributed by atoms with Gasteiger partial charge in [0.1, 0.15) is 42.1 Å². The normalized spacial score (nSPS) is 18.7. The molecule has 2 fully saturated rings. The molecule has 18 heteroatoms. The number of rotatable bonds is 11. The van der Waals surface area contributed by atoms with Gasteiger partial charge in [-0.3, -0.25) is 14.4 Å². The Kier molecular flexibility index (Phi) is 10.7. The molecule has 52 heavy (non-hydrogen) atoms. The maximum absolute atomic E-state index is 14.4. The van der Waals surface area contributed by atoms with Crippen molar-refractivity contribution in [2.45, 2.75) is 89.8 Å². The van der Waals surface area contributed by atoms with Gasteiger partial charge >= 0.3 is 6.09 Å². The Morgan fingerprint density at radius 2 is 1.73 bits per heavy atom. The van der Waals surface area contributed by atoms with Crippen LogP contribution in [-0.4, -0.2) is 97.7 Å². The molecule has 2 aromatic heterocycles. The fraction of sp³-hybridized carbons (Fsp3) is 0.471. The van der Waals surface area contributed by atoms with E-state index in [2.05, 4.69) is 37.5 Å². The zero-order chi connectivity index (χ0) is 38.0. The number of ether oxygens (including phenoxy) is 2. The molecule has 3 aromatic rings. The number of likely N-dealkylation sites (tertiary alicyclic amines) is 1. The lowest BCUT2D eigenvalue weighted by atomic mass is 9.85. The van der Waals surface area contributed by atoms with E-state index in [1.165, 1.54) is 28.3 Å². The highest BCUT2D eigenvalue weighted by Gasteiger charge is 2.47. The summed E-state index contributed by atoms with van der Waals surface area (Å²) in [6.07, 6.45) is 4.36. The predicted octanol–water partition coefficient (Wildman–Crippen LogP) is 2.29. The first kappa shape index (κ1) is 37.9. The number of amides is 4. The van der Waals surface area contributed by atoms with Crippen molar-refractivity contribution >= 4 is 44.6 Å². The molecule has 1 aliphatic heterocycles. The van der Waals surface area contributed by atoms with Gasteiger partial charge in [-0.05, 0) is 51.2 Å². The van der Waals surface area contributed by atoms with Gasteiger partial charge in [0.25, 0.3) is 5.91 Å². The predicted molar refractivity (Wildman–Crippen MR) is 188 cm³/mol. The second kappa shape index (κ2) is 14.7. The summed E-state index contributed by atoms with van der Waals surface area (Å²) in [5.41, 5.74) is -2.09. The number of nitrogens with one attached hydrogen (secondary N) is 3. The van der Waals surface area contributed by atoms with E-state index in [4.69, 9.17) is 9.47 Å². The third-order valence-corrected chi connectivity index (χ3v) is 9.97. The van der Waals surface area contributed by atoms with Crippen molar-refractivity contribution in [3.8, 4) is 11.7 Å². The molecule has 0 radical (unpaired) electrons. The molecular weight excluding hydrogens is 694 g/mol. The van der Waals surface area contributed by atoms with E-state index in [0.717, 1.165) is 6.08 Å². The molecule has 1 aliphatic carbocycles. The number of hydrogen-bond donors (Lipinski definition) is 3. The number of carbonyl (C=O) groups excluding carboxylic acids is 4. The number of aromatic nitrogens is 5. The molecule has 0 bridgehead atoms. The van der Waals surface area contributed by atoms with Crippen molar-refractivity contribution in [1.82, 2.24) is 45.2 Å². The van der Waals surface area contributed by atoms with E-state index in [1.54, 1.807) is 53.7 Å². The summed E-state index contributed by atoms with van der Waals surface area (Å²) in [5.74, 6) is -1.93. The summed E-state index contributed by atoms with van der Waals surface area (Å²) in [4.78, 5) is 59.6. The molecule has 4 amide bonds. The van der Waals surface area contributed by atoms with Crippen LogP contribution in [0.3, 0.4) is 0 Å². The van der Waals surface area contributed by atoms with Gasteiger partial charge in [-0.1, -0.05) is 51.6 Å². The Balaban J connectivity index is 1.46. The zero-order valence-electron chi connectivity index (χ0n) is 29.8. The Morgan fingerprint density at radius 3 is 2.33 bits per heavy atom. The van der Waals surface area contributed by atoms with Gasteiger partial charge in [-0.2, -0.15) is 5.10 Å². The first-order valence-corrected chi connectivity index (χ1v) is 18.2. The molecule has 1 saturated heterocycles. The first-order chi connectivity index (χ1) is 24.4. The average Bonchev–Trinajstić information content (AvgIpc) is 3.63. The van der Waals surface area contributed by atoms with Gasteiger partial charge in [0.2, 0.25) is 27.7 Å². The molecule has 17 nitrogen and oxygen atoms in total. The van der Waals surface area contributed by atoms with Crippen LogP contribution in [0, 0.1) is 5.41 Å². The lowest BCUT2D eigenvalue weighted by molar-refractivity contribution is -0.142. The SMILES string of the molecule is C=C/C=C(/NC(=O)[C@@H]1C[C@@H](Oc2nnc(-n3cncn3)c3ccccc23)CN1C(=O)[C@@H](NC(=O)OC(C)(C)C)C(C)(C)C)C(=O)NS(=O)(=O)C1CC1. The maximum atomic E-state index is 14.4. The van der Waals surface area contributed by atoms with Crippen LogP contribution in [0.2, 0.25) is 0 Å². The standard InChI is InChI=1S/C34H43N9O8S/c1-8-11-24(28(44)41-52(48,49)21-14-15-21)37-29(45)25-16-20(17-42(25)31(46)26(33(2,3)4)38-32(47)51-34(5,6)7)50-30-23-13-10-9-12-22(23)27(39-40-30)43-19-35-18-36-43/h8-13,18-21,25-26H,1,14-17H2,2-7H3,(H,37,45)(H,38,47)(H,41,44)/b24-11+/t20-,25+,26-/m1/s1. The van der Waals surface area contributed by atoms with Gasteiger partial charge in [0, 0.05) is 17.2 Å². The summed E-state index contributed by atoms with van der Waals surface area (Å²) in [6.45, 7) is 13.8. The topological polar surface area (TPSA) is 217 Å². The fourth-order valence-corrected chi connectivity index (χ4v) is 6.86. The summed E-state index contributed by atoms with van der Waals surface area (Å²) in [6, 6.07) is 4.80. The quantitative estimate of drug-likeness (QED) is 0.191. The van der Waals surface area contributed by atoms with E-state index < -0.39 is 68.3 Å². The molecule has 3 atom stereocenters. The van der Waals surface area contributed by atoms with Crippen LogP contribution in [0.1, 0.15) is 60.8 Å². The minimum Gasteiger partial charge on any atom is -0.471 e. The lowest BCUT2D eigenvalue weighted by Crippen LogP contribution is -2.58. The van der Waals surface area contributed by atoms with Crippen molar-refractivity contribution in [2.75, 3.05) is 6.54 Å². The van der Waals surface area contributed by atoms with Crippen LogP contribution in [0.25, 0.3) is 16.6 Å². The second-order valence-corrected chi connectivity index (χ2v) is 16.6. The molecular formula is C34H43N9O8S. The monoisotopic (exact) mass is 737 g/mol. The van der Waals surface area contributed by atoms with Crippen LogP contribution in [0.4, 0.5) is 4.79 Å². The molecule has 1 saturated carbocycles. The van der Waals surface area contributed by atoms with E-state index in [-0.39, 0.29) is 24.5 Å². The number of benzene rings is 1. The zero-order valence-corrected chi connectivity index (χ0v) is 30.6. The summed E-state index contributed by atoms with van der Waals surface area (Å²) >= 11 is 0. The van der Waals surface area contributed by atoms with Crippen molar-refractivity contribution in [1.29, 1.82) is 0 Å². The van der Waals surface area contributed by atoms with Crippen LogP contribution in [0.5, 0.6) is 5.88 Å². The van der Waals surface area contributed by atoms with E-state index >= 15 is 0 Å². The summed E-state index contributed by atoms with van der Waals surface area (Å²) < 4.78 is 40.2. The Morgan fingerprint density at radius 1 is 1.04 bits per heavy atom. The van der Waals surface area contributed by atoms with Crippen LogP contribution >= 0.6 is 0 Å². The van der Waals surface area contributed by atoms with E-state index in [1.807, 2.05) is 16.9 Å². The molecule has 0 unspecified atom stereocenters. The summed E-state index contributed by atoms with van der Waals surface area (Å²) in [5, 5.41) is 18.4. The van der Waals surface area contributed by atoms with Gasteiger partial charge in [-0.25, -0.2) is 27.6 Å². The van der Waals surface area contributed by atoms with Gasteiger partial charge in [0.05, 0.1) is 11.8 Å². The molecule has 3 heterocycles. The molecule has 278 valence electrons. The second-order valence-electron chi connectivity index (χ2n) is 14.6. The van der Waals surface area contributed by atoms with Gasteiger partial charge in [-0.15, -0.1) is 10.2 Å². The molecule has 5 rings (SSSR count). The number of hydrogen-bond acceptors (Lipinski definition) is 12. The molecule has 0 spiro atoms. The largest absolute Gasteiger partial charge is 0.471 e. The number of fused-ring (bicyclic) bond motifs is 1. The van der Waals surface area contributed by atoms with Crippen molar-refractivity contribution in [2.24, 2.45) is 5.41 Å². The number of alkyl carbamates (subject to hydrolysis) is 1. The first-order valence-electron chi connectivity index (χ1n) is 16.6. The third-order valence-electron chi connectivity index (χ3n) is 8.16. The fourth-order valence-electron chi connectivity index (χ4n) is 5.57. The van der Waals surface area contributed by atoms with Gasteiger partial charge < -0.3 is 25.0 Å². The average molecular weight is 738 g/mol. The summed E-state index contributed by atoms with van der Waals surface area (Å²) in [7, 11) is -3.94. The van der Waals surface area contributed by atoms with Crippen LogP contribution in [-0.2, 0) is 29.1 Å². The van der Waals surface area contributed by atoms with Crippen molar-refractivity contribution < 1.29 is 37.1 Å². The smallest absolute Gasteiger partial charge is 0.408 e. The number of allylic oxidation sites excluding steroid dienone is 2. The van der Waals surface area contributed by atoms with E-state index in [0.29, 0.717) is 29.4 Å². The number of sulfonamides is 1. The molecule has 1 aromatic carbocycles. The highest BCUT2D eigenvalue weighted by Crippen LogP contribution is 2.32. The van der Waals surface area contributed by atoms with Crippen molar-refractivity contribution in [3.63, 3.8) is 0 Å². The minimum absolute atomic E-state index is 0.0644. The molecule has 2 aliphatic rings. The van der Waals surface area contributed by atoms with Crippen LogP contribution < -0.4 is 20.1 Å². The molecule has 3 N–H and O–H groups in total. The van der Waals surface area contributed by atoms with Gasteiger partial charge in [0.15, 0.2) is 5.82 Å².